The van der Waals surface area contributed by atoms with Crippen molar-refractivity contribution in [2.24, 2.45) is 7.05 Å². The predicted molar refractivity (Wildman–Crippen MR) is 85.1 cm³/mol. The molecule has 1 atom stereocenters. The van der Waals surface area contributed by atoms with Crippen LogP contribution in [0.1, 0.15) is 23.7 Å². The lowest BCUT2D eigenvalue weighted by Gasteiger charge is -2.18. The molecule has 0 saturated heterocycles. The molecule has 3 rings (SSSR count). The van der Waals surface area contributed by atoms with Gasteiger partial charge < -0.3 is 5.32 Å². The van der Waals surface area contributed by atoms with Crippen LogP contribution in [0.3, 0.4) is 0 Å². The van der Waals surface area contributed by atoms with Crippen LogP contribution in [0.2, 0.25) is 0 Å². The van der Waals surface area contributed by atoms with Crippen LogP contribution in [0, 0.1) is 0 Å². The van der Waals surface area contributed by atoms with Gasteiger partial charge in [-0.25, -0.2) is 0 Å². The number of hydrogen-bond donors (Lipinski definition) is 1. The Morgan fingerprint density at radius 1 is 1.14 bits per heavy atom. The Hall–Kier alpha value is -2.20. The minimum Gasteiger partial charge on any atom is -0.313 e. The fraction of sp³-hybridized carbons (Fsp3) is 0.294. The Balaban J connectivity index is 1.86. The van der Waals surface area contributed by atoms with Crippen LogP contribution in [0.4, 0.5) is 0 Å². The quantitative estimate of drug-likeness (QED) is 0.781. The summed E-state index contributed by atoms with van der Waals surface area (Å²) >= 11 is 0. The molecule has 2 heterocycles. The van der Waals surface area contributed by atoms with Crippen molar-refractivity contribution in [2.75, 3.05) is 7.05 Å². The lowest BCUT2D eigenvalue weighted by molar-refractivity contribution is 0.539. The molecule has 2 aromatic heterocycles. The summed E-state index contributed by atoms with van der Waals surface area (Å²) in [5.74, 6) is 0. The van der Waals surface area contributed by atoms with Crippen LogP contribution < -0.4 is 5.32 Å². The van der Waals surface area contributed by atoms with Gasteiger partial charge in [0.25, 0.3) is 0 Å². The number of rotatable bonds is 5. The second kappa shape index (κ2) is 6.06. The highest BCUT2D eigenvalue weighted by molar-refractivity contribution is 5.82. The van der Waals surface area contributed by atoms with Crippen molar-refractivity contribution in [1.82, 2.24) is 20.1 Å². The van der Waals surface area contributed by atoms with Crippen molar-refractivity contribution in [1.29, 1.82) is 0 Å². The highest BCUT2D eigenvalue weighted by atomic mass is 15.2. The average molecular weight is 280 g/mol. The molecular formula is C17H20N4. The second-order valence-corrected chi connectivity index (χ2v) is 5.24. The summed E-state index contributed by atoms with van der Waals surface area (Å²) in [5, 5.41) is 8.89. The van der Waals surface area contributed by atoms with Crippen molar-refractivity contribution in [3.8, 4) is 0 Å². The summed E-state index contributed by atoms with van der Waals surface area (Å²) in [6.45, 7) is 0. The maximum absolute atomic E-state index is 4.44. The van der Waals surface area contributed by atoms with Gasteiger partial charge in [0.05, 0.1) is 5.52 Å². The van der Waals surface area contributed by atoms with Crippen LogP contribution in [0.25, 0.3) is 10.9 Å². The van der Waals surface area contributed by atoms with Gasteiger partial charge in [-0.3, -0.25) is 9.67 Å². The third-order valence-electron chi connectivity index (χ3n) is 4.01. The minimum absolute atomic E-state index is 0.313. The van der Waals surface area contributed by atoms with Gasteiger partial charge >= 0.3 is 0 Å². The Labute approximate surface area is 124 Å². The van der Waals surface area contributed by atoms with Crippen molar-refractivity contribution in [3.63, 3.8) is 0 Å². The summed E-state index contributed by atoms with van der Waals surface area (Å²) in [5.41, 5.74) is 3.62. The third kappa shape index (κ3) is 2.81. The third-order valence-corrected chi connectivity index (χ3v) is 4.01. The molecule has 4 heteroatoms. The molecular weight excluding hydrogens is 260 g/mol. The second-order valence-electron chi connectivity index (χ2n) is 5.24. The zero-order valence-corrected chi connectivity index (χ0v) is 12.5. The summed E-state index contributed by atoms with van der Waals surface area (Å²) in [6, 6.07) is 12.9. The van der Waals surface area contributed by atoms with Gasteiger partial charge in [-0.15, -0.1) is 0 Å². The summed E-state index contributed by atoms with van der Waals surface area (Å²) in [4.78, 5) is 4.44. The minimum atomic E-state index is 0.313. The van der Waals surface area contributed by atoms with Crippen LogP contribution in [0.5, 0.6) is 0 Å². The molecule has 0 saturated carbocycles. The molecule has 0 aliphatic heterocycles. The lowest BCUT2D eigenvalue weighted by atomic mass is 9.97. The van der Waals surface area contributed by atoms with Crippen molar-refractivity contribution >= 4 is 10.9 Å². The largest absolute Gasteiger partial charge is 0.313 e. The number of aromatic nitrogens is 3. The molecule has 0 radical (unpaired) electrons. The molecule has 0 aliphatic carbocycles. The van der Waals surface area contributed by atoms with Crippen molar-refractivity contribution < 1.29 is 0 Å². The van der Waals surface area contributed by atoms with Crippen LogP contribution in [0.15, 0.2) is 48.8 Å². The van der Waals surface area contributed by atoms with E-state index in [0.717, 1.165) is 18.4 Å². The fourth-order valence-corrected chi connectivity index (χ4v) is 2.83. The van der Waals surface area contributed by atoms with E-state index >= 15 is 0 Å². The fourth-order valence-electron chi connectivity index (χ4n) is 2.83. The number of aryl methyl sites for hydroxylation is 2. The maximum atomic E-state index is 4.44. The van der Waals surface area contributed by atoms with E-state index in [0.29, 0.717) is 6.04 Å². The van der Waals surface area contributed by atoms with Gasteiger partial charge in [-0.05, 0) is 43.7 Å². The molecule has 3 aromatic rings. The van der Waals surface area contributed by atoms with E-state index in [1.807, 2.05) is 37.2 Å². The topological polar surface area (TPSA) is 42.7 Å². The smallest absolute Gasteiger partial charge is 0.0705 e. The number of pyridine rings is 1. The van der Waals surface area contributed by atoms with Crippen LogP contribution >= 0.6 is 0 Å². The maximum Gasteiger partial charge on any atom is 0.0705 e. The number of hydrogen-bond acceptors (Lipinski definition) is 3. The lowest BCUT2D eigenvalue weighted by Crippen LogP contribution is -2.18. The molecule has 1 unspecified atom stereocenters. The standard InChI is InChI=1S/C17H20N4/c1-18-16(9-8-13-10-12-20-21(13)2)14-5-3-7-17-15(14)6-4-11-19-17/h3-7,10-12,16,18H,8-9H2,1-2H3. The number of fused-ring (bicyclic) bond motifs is 1. The van der Waals surface area contributed by atoms with Crippen LogP contribution in [-0.4, -0.2) is 21.8 Å². The molecule has 1 N–H and O–H groups in total. The van der Waals surface area contributed by atoms with E-state index in [-0.39, 0.29) is 0 Å². The zero-order valence-electron chi connectivity index (χ0n) is 12.5. The first kappa shape index (κ1) is 13.8. The Morgan fingerprint density at radius 2 is 2.05 bits per heavy atom. The average Bonchev–Trinajstić information content (AvgIpc) is 2.93. The van der Waals surface area contributed by atoms with E-state index in [2.05, 4.69) is 45.7 Å². The zero-order chi connectivity index (χ0) is 14.7. The Kier molecular flexibility index (Phi) is 3.97. The van der Waals surface area contributed by atoms with Gasteiger partial charge in [0.2, 0.25) is 0 Å². The van der Waals surface area contributed by atoms with E-state index in [1.165, 1.54) is 16.6 Å². The van der Waals surface area contributed by atoms with Gasteiger partial charge in [0.15, 0.2) is 0 Å². The molecule has 0 aliphatic rings. The molecule has 21 heavy (non-hydrogen) atoms. The SMILES string of the molecule is CNC(CCc1ccnn1C)c1cccc2ncccc12. The molecule has 108 valence electrons. The number of nitrogens with one attached hydrogen (secondary N) is 1. The van der Waals surface area contributed by atoms with Crippen molar-refractivity contribution in [2.45, 2.75) is 18.9 Å². The molecule has 1 aromatic carbocycles. The predicted octanol–water partition coefficient (Wildman–Crippen LogP) is 2.86. The first-order valence-corrected chi connectivity index (χ1v) is 7.27. The highest BCUT2D eigenvalue weighted by Crippen LogP contribution is 2.26. The Morgan fingerprint density at radius 3 is 2.81 bits per heavy atom. The van der Waals surface area contributed by atoms with Gasteiger partial charge in [-0.2, -0.15) is 5.10 Å². The summed E-state index contributed by atoms with van der Waals surface area (Å²) < 4.78 is 1.94. The van der Waals surface area contributed by atoms with Gasteiger partial charge in [0.1, 0.15) is 0 Å². The van der Waals surface area contributed by atoms with Crippen LogP contribution in [-0.2, 0) is 13.5 Å². The number of nitrogens with zero attached hydrogens (tertiary/aromatic N) is 3. The van der Waals surface area contributed by atoms with Gasteiger partial charge in [0, 0.05) is 36.6 Å². The van der Waals surface area contributed by atoms with Crippen molar-refractivity contribution in [3.05, 3.63) is 60.0 Å². The van der Waals surface area contributed by atoms with E-state index in [1.54, 1.807) is 0 Å². The molecule has 0 amide bonds. The van der Waals surface area contributed by atoms with E-state index in [4.69, 9.17) is 0 Å². The molecule has 0 bridgehead atoms. The van der Waals surface area contributed by atoms with E-state index < -0.39 is 0 Å². The van der Waals surface area contributed by atoms with Gasteiger partial charge in [-0.1, -0.05) is 18.2 Å². The summed E-state index contributed by atoms with van der Waals surface area (Å²) in [7, 11) is 4.01. The first-order valence-electron chi connectivity index (χ1n) is 7.27. The normalized spacial score (nSPS) is 12.7. The summed E-state index contributed by atoms with van der Waals surface area (Å²) in [6.07, 6.45) is 5.73. The first-order chi connectivity index (χ1) is 10.3. The molecule has 0 spiro atoms. The van der Waals surface area contributed by atoms with E-state index in [9.17, 15) is 0 Å². The molecule has 0 fully saturated rings. The highest BCUT2D eigenvalue weighted by Gasteiger charge is 2.13. The molecule has 4 nitrogen and oxygen atoms in total. The number of benzene rings is 1. The Bertz CT molecular complexity index is 727. The monoisotopic (exact) mass is 280 g/mol.